The van der Waals surface area contributed by atoms with Crippen LogP contribution in [0.2, 0.25) is 0 Å². The Labute approximate surface area is 182 Å². The van der Waals surface area contributed by atoms with Crippen LogP contribution >= 0.6 is 0 Å². The van der Waals surface area contributed by atoms with Crippen molar-refractivity contribution in [3.8, 4) is 11.1 Å². The number of rotatable bonds is 8. The molecule has 170 valence electrons. The molecule has 0 saturated heterocycles. The number of hydrogen-bond donors (Lipinski definition) is 1. The van der Waals surface area contributed by atoms with Crippen LogP contribution in [0.1, 0.15) is 17.1 Å². The molecule has 0 bridgehead atoms. The maximum Gasteiger partial charge on any atom is 0.449 e. The molecule has 0 aliphatic carbocycles. The molecule has 0 radical (unpaired) electrons. The number of esters is 1. The molecule has 0 aliphatic rings. The van der Waals surface area contributed by atoms with Crippen LogP contribution in [-0.4, -0.2) is 27.2 Å². The summed E-state index contributed by atoms with van der Waals surface area (Å²) in [6.45, 7) is 0.536. The van der Waals surface area contributed by atoms with E-state index in [1.54, 1.807) is 24.3 Å². The number of sulfone groups is 1. The average molecular weight is 467 g/mol. The smallest absolute Gasteiger partial charge is 0.449 e. The quantitative estimate of drug-likeness (QED) is 0.500. The van der Waals surface area contributed by atoms with E-state index in [4.69, 9.17) is 4.42 Å². The SMILES string of the molecule is COC(=O)CS(=O)(=O)c1cccc(-c2ccc(CNCc3ccc(C(F)(F)F)o3)cc2)c1. The maximum absolute atomic E-state index is 12.6. The predicted octanol–water partition coefficient (Wildman–Crippen LogP) is 4.20. The van der Waals surface area contributed by atoms with Crippen LogP contribution in [0, 0.1) is 0 Å². The molecule has 1 aromatic heterocycles. The Morgan fingerprint density at radius 1 is 1.00 bits per heavy atom. The summed E-state index contributed by atoms with van der Waals surface area (Å²) in [5.41, 5.74) is 2.31. The predicted molar refractivity (Wildman–Crippen MR) is 110 cm³/mol. The van der Waals surface area contributed by atoms with Crippen molar-refractivity contribution in [1.82, 2.24) is 5.32 Å². The summed E-state index contributed by atoms with van der Waals surface area (Å²) in [5.74, 6) is -2.43. The van der Waals surface area contributed by atoms with E-state index in [1.807, 2.05) is 12.1 Å². The van der Waals surface area contributed by atoms with Crippen molar-refractivity contribution < 1.29 is 35.5 Å². The van der Waals surface area contributed by atoms with Gasteiger partial charge in [-0.3, -0.25) is 4.79 Å². The molecule has 1 N–H and O–H groups in total. The Morgan fingerprint density at radius 2 is 1.72 bits per heavy atom. The summed E-state index contributed by atoms with van der Waals surface area (Å²) in [5, 5.41) is 3.01. The van der Waals surface area contributed by atoms with E-state index in [1.165, 1.54) is 18.2 Å². The average Bonchev–Trinajstić information content (AvgIpc) is 3.23. The second kappa shape index (κ2) is 9.58. The molecule has 0 amide bonds. The normalized spacial score (nSPS) is 12.0. The zero-order chi connectivity index (χ0) is 23.4. The van der Waals surface area contributed by atoms with Crippen molar-refractivity contribution in [1.29, 1.82) is 0 Å². The van der Waals surface area contributed by atoms with Crippen LogP contribution in [0.4, 0.5) is 13.2 Å². The first-order chi connectivity index (χ1) is 15.1. The molecule has 0 aliphatic heterocycles. The van der Waals surface area contributed by atoms with Gasteiger partial charge < -0.3 is 14.5 Å². The van der Waals surface area contributed by atoms with E-state index in [0.717, 1.165) is 24.3 Å². The maximum atomic E-state index is 12.6. The minimum absolute atomic E-state index is 0.0165. The summed E-state index contributed by atoms with van der Waals surface area (Å²) in [4.78, 5) is 11.4. The van der Waals surface area contributed by atoms with Crippen molar-refractivity contribution in [3.05, 3.63) is 77.7 Å². The van der Waals surface area contributed by atoms with Crippen molar-refractivity contribution in [2.75, 3.05) is 12.9 Å². The number of ether oxygens (including phenoxy) is 1. The van der Waals surface area contributed by atoms with Gasteiger partial charge in [-0.2, -0.15) is 13.2 Å². The molecule has 10 heteroatoms. The van der Waals surface area contributed by atoms with Gasteiger partial charge in [0.2, 0.25) is 5.76 Å². The monoisotopic (exact) mass is 467 g/mol. The number of nitrogens with one attached hydrogen (secondary N) is 1. The molecular weight excluding hydrogens is 447 g/mol. The summed E-state index contributed by atoms with van der Waals surface area (Å²) >= 11 is 0. The lowest BCUT2D eigenvalue weighted by Crippen LogP contribution is -2.17. The highest BCUT2D eigenvalue weighted by atomic mass is 32.2. The van der Waals surface area contributed by atoms with E-state index in [9.17, 15) is 26.4 Å². The van der Waals surface area contributed by atoms with Gasteiger partial charge in [0.25, 0.3) is 0 Å². The number of furan rings is 1. The molecule has 0 saturated carbocycles. The highest BCUT2D eigenvalue weighted by molar-refractivity contribution is 7.92. The fourth-order valence-electron chi connectivity index (χ4n) is 2.94. The van der Waals surface area contributed by atoms with Crippen molar-refractivity contribution >= 4 is 15.8 Å². The summed E-state index contributed by atoms with van der Waals surface area (Å²) in [6.07, 6.45) is -4.51. The zero-order valence-corrected chi connectivity index (χ0v) is 17.8. The van der Waals surface area contributed by atoms with E-state index < -0.39 is 33.5 Å². The lowest BCUT2D eigenvalue weighted by Gasteiger charge is -2.08. The zero-order valence-electron chi connectivity index (χ0n) is 17.0. The standard InChI is InChI=1S/C22H20F3NO5S/c1-30-21(27)14-32(28,29)19-4-2-3-17(11-19)16-7-5-15(6-8-16)12-26-13-18-9-10-20(31-18)22(23,24)25/h2-11,26H,12-14H2,1H3. The van der Waals surface area contributed by atoms with Gasteiger partial charge in [0.05, 0.1) is 18.6 Å². The molecule has 0 unspecified atom stereocenters. The van der Waals surface area contributed by atoms with Gasteiger partial charge >= 0.3 is 12.1 Å². The molecule has 32 heavy (non-hydrogen) atoms. The fraction of sp³-hybridized carbons (Fsp3) is 0.227. The van der Waals surface area contributed by atoms with Gasteiger partial charge in [-0.1, -0.05) is 36.4 Å². The first-order valence-electron chi connectivity index (χ1n) is 9.44. The van der Waals surface area contributed by atoms with Gasteiger partial charge in [0, 0.05) is 6.54 Å². The van der Waals surface area contributed by atoms with Crippen molar-refractivity contribution in [2.45, 2.75) is 24.2 Å². The summed E-state index contributed by atoms with van der Waals surface area (Å²) in [6, 6.07) is 15.7. The third-order valence-electron chi connectivity index (χ3n) is 4.59. The van der Waals surface area contributed by atoms with Gasteiger partial charge in [-0.25, -0.2) is 8.42 Å². The van der Waals surface area contributed by atoms with Crippen LogP contribution in [0.15, 0.2) is 70.0 Å². The molecular formula is C22H20F3NO5S. The topological polar surface area (TPSA) is 85.6 Å². The van der Waals surface area contributed by atoms with Crippen LogP contribution in [0.25, 0.3) is 11.1 Å². The number of halogens is 3. The first-order valence-corrected chi connectivity index (χ1v) is 11.1. The van der Waals surface area contributed by atoms with E-state index in [-0.39, 0.29) is 17.2 Å². The Balaban J connectivity index is 1.63. The molecule has 3 aromatic rings. The second-order valence-corrected chi connectivity index (χ2v) is 8.92. The second-order valence-electron chi connectivity index (χ2n) is 6.93. The number of benzene rings is 2. The molecule has 3 rings (SSSR count). The van der Waals surface area contributed by atoms with Crippen molar-refractivity contribution in [2.24, 2.45) is 0 Å². The van der Waals surface area contributed by atoms with E-state index >= 15 is 0 Å². The largest absolute Gasteiger partial charge is 0.468 e. The number of hydrogen-bond acceptors (Lipinski definition) is 6. The molecule has 0 fully saturated rings. The Bertz CT molecular complexity index is 1180. The number of alkyl halides is 3. The lowest BCUT2D eigenvalue weighted by molar-refractivity contribution is -0.153. The molecule has 6 nitrogen and oxygen atoms in total. The Morgan fingerprint density at radius 3 is 2.34 bits per heavy atom. The number of carbonyl (C=O) groups excluding carboxylic acids is 1. The highest BCUT2D eigenvalue weighted by Gasteiger charge is 2.34. The van der Waals surface area contributed by atoms with Gasteiger partial charge in [0.1, 0.15) is 5.76 Å². The Kier molecular flexibility index (Phi) is 7.05. The molecule has 0 atom stereocenters. The number of methoxy groups -OCH3 is 1. The number of carbonyl (C=O) groups is 1. The highest BCUT2D eigenvalue weighted by Crippen LogP contribution is 2.30. The van der Waals surface area contributed by atoms with Crippen LogP contribution < -0.4 is 5.32 Å². The van der Waals surface area contributed by atoms with Crippen LogP contribution in [-0.2, 0) is 38.6 Å². The molecule has 1 heterocycles. The fourth-order valence-corrected chi connectivity index (χ4v) is 4.12. The van der Waals surface area contributed by atoms with E-state index in [0.29, 0.717) is 12.1 Å². The molecule has 2 aromatic carbocycles. The van der Waals surface area contributed by atoms with Gasteiger partial charge in [-0.05, 0) is 41.0 Å². The first kappa shape index (κ1) is 23.6. The van der Waals surface area contributed by atoms with E-state index in [2.05, 4.69) is 10.1 Å². The summed E-state index contributed by atoms with van der Waals surface area (Å²) in [7, 11) is -2.70. The third kappa shape index (κ3) is 5.98. The lowest BCUT2D eigenvalue weighted by atomic mass is 10.0. The van der Waals surface area contributed by atoms with Gasteiger partial charge in [-0.15, -0.1) is 0 Å². The summed E-state index contributed by atoms with van der Waals surface area (Å²) < 4.78 is 71.6. The Hall–Kier alpha value is -3.11. The van der Waals surface area contributed by atoms with Crippen molar-refractivity contribution in [3.63, 3.8) is 0 Å². The van der Waals surface area contributed by atoms with Gasteiger partial charge in [0.15, 0.2) is 15.6 Å². The third-order valence-corrected chi connectivity index (χ3v) is 6.17. The van der Waals surface area contributed by atoms with Crippen LogP contribution in [0.5, 0.6) is 0 Å². The minimum atomic E-state index is -4.51. The minimum Gasteiger partial charge on any atom is -0.468 e. The molecule has 0 spiro atoms. The van der Waals surface area contributed by atoms with Crippen LogP contribution in [0.3, 0.4) is 0 Å².